The normalized spacial score (nSPS) is 12.4. The van der Waals surface area contributed by atoms with Gasteiger partial charge in [-0.3, -0.25) is 0 Å². The molecule has 1 atom stereocenters. The summed E-state index contributed by atoms with van der Waals surface area (Å²) in [5, 5.41) is 12.2. The Morgan fingerprint density at radius 3 is 1.60 bits per heavy atom. The van der Waals surface area contributed by atoms with Crippen LogP contribution in [0.15, 0.2) is 164 Å². The van der Waals surface area contributed by atoms with Gasteiger partial charge >= 0.3 is 0 Å². The van der Waals surface area contributed by atoms with Gasteiger partial charge in [0.1, 0.15) is 0 Å². The summed E-state index contributed by atoms with van der Waals surface area (Å²) < 4.78 is 4.87. The number of hydrogen-bond donors (Lipinski definition) is 0. The molecule has 10 rings (SSSR count). The van der Waals surface area contributed by atoms with Crippen molar-refractivity contribution in [1.29, 1.82) is 0 Å². The Hall–Kier alpha value is -5.56. The van der Waals surface area contributed by atoms with Crippen molar-refractivity contribution in [2.24, 2.45) is 0 Å². The minimum atomic E-state index is -0.647. The van der Waals surface area contributed by atoms with Gasteiger partial charge in [0.25, 0.3) is 0 Å². The molecular formula is C42H27N2P. The van der Waals surface area contributed by atoms with Crippen LogP contribution in [0.5, 0.6) is 0 Å². The Bertz CT molecular complexity index is 2740. The molecule has 0 bridgehead atoms. The number of rotatable bonds is 3. The molecular weight excluding hydrogens is 563 g/mol. The third-order valence-corrected chi connectivity index (χ3v) is 11.9. The SMILES string of the molecule is c1ccc(-n2c3ccccc3c3cc(-n4c5ccccc5c5cc6c7ccccc7p(-c7ccccc7)c6cc54)ccc32)cc1. The topological polar surface area (TPSA) is 9.86 Å². The molecule has 0 saturated carbocycles. The highest BCUT2D eigenvalue weighted by atomic mass is 31.1. The van der Waals surface area contributed by atoms with Crippen molar-refractivity contribution in [3.8, 4) is 16.7 Å². The number of fused-ring (bicyclic) bond motifs is 9. The Morgan fingerprint density at radius 1 is 0.311 bits per heavy atom. The minimum Gasteiger partial charge on any atom is -0.309 e. The van der Waals surface area contributed by atoms with Gasteiger partial charge in [0.15, 0.2) is 0 Å². The van der Waals surface area contributed by atoms with Gasteiger partial charge in [-0.1, -0.05) is 117 Å². The molecule has 0 N–H and O–H groups in total. The Balaban J connectivity index is 1.32. The summed E-state index contributed by atoms with van der Waals surface area (Å²) in [5.41, 5.74) is 7.30. The Kier molecular flexibility index (Phi) is 5.23. The van der Waals surface area contributed by atoms with E-state index in [1.165, 1.54) is 81.3 Å². The summed E-state index contributed by atoms with van der Waals surface area (Å²) in [6, 6.07) is 60.4. The molecule has 0 aliphatic rings. The average Bonchev–Trinajstić information content (AvgIpc) is 3.73. The molecule has 3 heteroatoms. The number of hydrogen-bond acceptors (Lipinski definition) is 0. The fourth-order valence-corrected chi connectivity index (χ4v) is 10.2. The van der Waals surface area contributed by atoms with Crippen molar-refractivity contribution in [2.75, 3.05) is 0 Å². The number of aromatic nitrogens is 2. The monoisotopic (exact) mass is 590 g/mol. The minimum absolute atomic E-state index is 0.647. The number of nitrogens with zero attached hydrogens (tertiary/aromatic N) is 2. The summed E-state index contributed by atoms with van der Waals surface area (Å²) in [4.78, 5) is 0. The molecule has 1 unspecified atom stereocenters. The summed E-state index contributed by atoms with van der Waals surface area (Å²) in [7, 11) is -0.647. The quantitative estimate of drug-likeness (QED) is 0.194. The zero-order valence-electron chi connectivity index (χ0n) is 24.4. The van der Waals surface area contributed by atoms with Crippen molar-refractivity contribution in [3.05, 3.63) is 164 Å². The fraction of sp³-hybridized carbons (Fsp3) is 0. The summed E-state index contributed by atoms with van der Waals surface area (Å²) in [5.74, 6) is 0. The standard InChI is InChI=1S/C42H27N2P/c1-3-13-28(14-4-1)43-37-20-10-7-17-31(37)34-25-29(23-24-39(34)43)44-38-21-11-8-18-32(38)35-26-36-33-19-9-12-22-41(33)45(42(36)27-40(35)44)30-15-5-2-6-16-30/h1-27H. The molecule has 0 saturated heterocycles. The predicted octanol–water partition coefficient (Wildman–Crippen LogP) is 12.2. The van der Waals surface area contributed by atoms with E-state index in [-0.39, 0.29) is 0 Å². The van der Waals surface area contributed by atoms with Gasteiger partial charge < -0.3 is 9.13 Å². The molecule has 0 fully saturated rings. The van der Waals surface area contributed by atoms with E-state index in [2.05, 4.69) is 173 Å². The van der Waals surface area contributed by atoms with E-state index < -0.39 is 7.53 Å². The molecule has 7 aromatic carbocycles. The van der Waals surface area contributed by atoms with E-state index in [9.17, 15) is 0 Å². The van der Waals surface area contributed by atoms with Crippen LogP contribution in [0.25, 0.3) is 81.3 Å². The molecule has 0 aliphatic heterocycles. The van der Waals surface area contributed by atoms with Crippen molar-refractivity contribution in [2.45, 2.75) is 0 Å². The highest BCUT2D eigenvalue weighted by Crippen LogP contribution is 2.56. The third-order valence-electron chi connectivity index (χ3n) is 9.41. The largest absolute Gasteiger partial charge is 0.309 e. The molecule has 0 radical (unpaired) electrons. The first-order chi connectivity index (χ1) is 22.3. The number of para-hydroxylation sites is 3. The highest BCUT2D eigenvalue weighted by Gasteiger charge is 2.20. The van der Waals surface area contributed by atoms with Gasteiger partial charge in [-0.15, -0.1) is 0 Å². The fourth-order valence-electron chi connectivity index (χ4n) is 7.52. The third kappa shape index (κ3) is 3.52. The van der Waals surface area contributed by atoms with E-state index in [1.807, 2.05) is 0 Å². The van der Waals surface area contributed by atoms with Crippen LogP contribution in [0, 0.1) is 0 Å². The lowest BCUT2D eigenvalue weighted by molar-refractivity contribution is 1.17. The van der Waals surface area contributed by atoms with Crippen LogP contribution in [0.1, 0.15) is 0 Å². The van der Waals surface area contributed by atoms with Crippen molar-refractivity contribution in [1.82, 2.24) is 9.13 Å². The Morgan fingerprint density at radius 2 is 0.867 bits per heavy atom. The van der Waals surface area contributed by atoms with Gasteiger partial charge in [0, 0.05) is 43.2 Å². The summed E-state index contributed by atoms with van der Waals surface area (Å²) >= 11 is 0. The van der Waals surface area contributed by atoms with Crippen LogP contribution in [-0.4, -0.2) is 9.13 Å². The van der Waals surface area contributed by atoms with Crippen LogP contribution < -0.4 is 0 Å². The van der Waals surface area contributed by atoms with Gasteiger partial charge in [-0.25, -0.2) is 0 Å². The van der Waals surface area contributed by atoms with Crippen molar-refractivity contribution >= 4 is 72.2 Å². The molecule has 0 amide bonds. The lowest BCUT2D eigenvalue weighted by atomic mass is 10.1. The van der Waals surface area contributed by atoms with Crippen LogP contribution in [0.3, 0.4) is 0 Å². The van der Waals surface area contributed by atoms with Crippen LogP contribution in [0.2, 0.25) is 0 Å². The smallest absolute Gasteiger partial charge is 0.0550 e. The van der Waals surface area contributed by atoms with Gasteiger partial charge in [-0.2, -0.15) is 0 Å². The lowest BCUT2D eigenvalue weighted by Crippen LogP contribution is -1.95. The first kappa shape index (κ1) is 24.8. The predicted molar refractivity (Wildman–Crippen MR) is 194 cm³/mol. The number of benzene rings is 7. The first-order valence-electron chi connectivity index (χ1n) is 15.5. The van der Waals surface area contributed by atoms with Crippen LogP contribution in [-0.2, 0) is 0 Å². The van der Waals surface area contributed by atoms with Gasteiger partial charge in [-0.05, 0) is 70.7 Å². The second-order valence-electron chi connectivity index (χ2n) is 11.8. The van der Waals surface area contributed by atoms with Crippen LogP contribution in [0.4, 0.5) is 0 Å². The van der Waals surface area contributed by atoms with E-state index in [0.717, 1.165) is 0 Å². The second kappa shape index (κ2) is 9.47. The van der Waals surface area contributed by atoms with Gasteiger partial charge in [0.2, 0.25) is 0 Å². The average molecular weight is 591 g/mol. The molecule has 10 aromatic rings. The molecule has 3 heterocycles. The van der Waals surface area contributed by atoms with Gasteiger partial charge in [0.05, 0.1) is 22.1 Å². The summed E-state index contributed by atoms with van der Waals surface area (Å²) in [6.45, 7) is 0. The van der Waals surface area contributed by atoms with Crippen molar-refractivity contribution in [3.63, 3.8) is 0 Å². The zero-order chi connectivity index (χ0) is 29.5. The first-order valence-corrected chi connectivity index (χ1v) is 16.8. The maximum Gasteiger partial charge on any atom is 0.0550 e. The molecule has 210 valence electrons. The summed E-state index contributed by atoms with van der Waals surface area (Å²) in [6.07, 6.45) is 0. The lowest BCUT2D eigenvalue weighted by Gasteiger charge is -2.11. The van der Waals surface area contributed by atoms with E-state index in [1.54, 1.807) is 0 Å². The molecule has 0 spiro atoms. The molecule has 45 heavy (non-hydrogen) atoms. The second-order valence-corrected chi connectivity index (χ2v) is 14.0. The van der Waals surface area contributed by atoms with Crippen LogP contribution >= 0.6 is 7.53 Å². The molecule has 2 nitrogen and oxygen atoms in total. The highest BCUT2D eigenvalue weighted by molar-refractivity contribution is 7.67. The van der Waals surface area contributed by atoms with E-state index in [0.29, 0.717) is 0 Å². The maximum absolute atomic E-state index is 2.50. The van der Waals surface area contributed by atoms with E-state index >= 15 is 0 Å². The molecule has 0 aliphatic carbocycles. The zero-order valence-corrected chi connectivity index (χ0v) is 25.3. The van der Waals surface area contributed by atoms with Crippen molar-refractivity contribution < 1.29 is 0 Å². The molecule has 3 aromatic heterocycles. The van der Waals surface area contributed by atoms with E-state index in [4.69, 9.17) is 0 Å². The maximum atomic E-state index is 2.50. The Labute approximate surface area is 261 Å².